The summed E-state index contributed by atoms with van der Waals surface area (Å²) in [6.07, 6.45) is 1.12. The first-order valence-corrected chi connectivity index (χ1v) is 7.48. The van der Waals surface area contributed by atoms with Gasteiger partial charge in [-0.1, -0.05) is 26.0 Å². The lowest BCUT2D eigenvalue weighted by atomic mass is 10.2. The first kappa shape index (κ1) is 18.7. The first-order chi connectivity index (χ1) is 10.1. The fraction of sp³-hybridized carbons (Fsp3) is 0.562. The second-order valence-electron chi connectivity index (χ2n) is 5.75. The lowest BCUT2D eigenvalue weighted by Gasteiger charge is -2.16. The number of carbonyl (C=O) groups is 1. The van der Waals surface area contributed by atoms with Gasteiger partial charge >= 0.3 is 0 Å². The van der Waals surface area contributed by atoms with E-state index in [1.54, 1.807) is 0 Å². The van der Waals surface area contributed by atoms with Crippen molar-refractivity contribution in [2.75, 3.05) is 18.5 Å². The van der Waals surface area contributed by atoms with Crippen LogP contribution in [0.25, 0.3) is 0 Å². The highest BCUT2D eigenvalue weighted by atomic mass is 35.5. The van der Waals surface area contributed by atoms with Crippen molar-refractivity contribution in [2.24, 2.45) is 11.7 Å². The van der Waals surface area contributed by atoms with Gasteiger partial charge in [0, 0.05) is 6.54 Å². The fourth-order valence-electron chi connectivity index (χ4n) is 2.24. The van der Waals surface area contributed by atoms with Gasteiger partial charge in [0.15, 0.2) is 0 Å². The van der Waals surface area contributed by atoms with Crippen molar-refractivity contribution in [1.29, 1.82) is 0 Å². The number of nitrogens with one attached hydrogen (secondary N) is 1. The zero-order valence-electron chi connectivity index (χ0n) is 13.1. The molecule has 0 bridgehead atoms. The quantitative estimate of drug-likeness (QED) is 0.841. The van der Waals surface area contributed by atoms with Gasteiger partial charge in [-0.15, -0.1) is 12.4 Å². The number of anilines is 1. The number of benzene rings is 1. The van der Waals surface area contributed by atoms with Crippen LogP contribution in [0.5, 0.6) is 5.75 Å². The number of rotatable bonds is 6. The van der Waals surface area contributed by atoms with Crippen LogP contribution in [-0.2, 0) is 9.53 Å². The molecule has 1 saturated heterocycles. The molecule has 2 rings (SSSR count). The van der Waals surface area contributed by atoms with Crippen molar-refractivity contribution in [3.05, 3.63) is 24.3 Å². The summed E-state index contributed by atoms with van der Waals surface area (Å²) in [6, 6.07) is 7.46. The Balaban J connectivity index is 0.00000242. The molecule has 0 aromatic heterocycles. The Hall–Kier alpha value is -1.30. The van der Waals surface area contributed by atoms with Crippen LogP contribution < -0.4 is 15.8 Å². The van der Waals surface area contributed by atoms with Gasteiger partial charge < -0.3 is 20.5 Å². The average Bonchev–Trinajstić information content (AvgIpc) is 2.95. The largest absolute Gasteiger partial charge is 0.491 e. The summed E-state index contributed by atoms with van der Waals surface area (Å²) < 4.78 is 11.3. The Morgan fingerprint density at radius 1 is 1.41 bits per heavy atom. The van der Waals surface area contributed by atoms with Gasteiger partial charge in [0.1, 0.15) is 11.9 Å². The number of amides is 1. The van der Waals surface area contributed by atoms with E-state index in [1.165, 1.54) is 0 Å². The van der Waals surface area contributed by atoms with Crippen molar-refractivity contribution in [3.63, 3.8) is 0 Å². The van der Waals surface area contributed by atoms with Gasteiger partial charge in [-0.05, 0) is 30.9 Å². The van der Waals surface area contributed by atoms with Crippen LogP contribution in [-0.4, -0.2) is 31.3 Å². The smallest absolute Gasteiger partial charge is 0.253 e. The summed E-state index contributed by atoms with van der Waals surface area (Å²) in [5.74, 6) is 0.983. The Bertz CT molecular complexity index is 482. The van der Waals surface area contributed by atoms with Gasteiger partial charge in [0.25, 0.3) is 5.91 Å². The molecule has 0 unspecified atom stereocenters. The van der Waals surface area contributed by atoms with Crippen LogP contribution >= 0.6 is 12.4 Å². The number of nitrogens with two attached hydrogens (primary N) is 1. The number of hydrogen-bond donors (Lipinski definition) is 2. The summed E-state index contributed by atoms with van der Waals surface area (Å²) in [5, 5.41) is 2.89. The van der Waals surface area contributed by atoms with E-state index in [4.69, 9.17) is 15.2 Å². The highest BCUT2D eigenvalue weighted by Gasteiger charge is 2.30. The highest BCUT2D eigenvalue weighted by Crippen LogP contribution is 2.26. The first-order valence-electron chi connectivity index (χ1n) is 7.48. The van der Waals surface area contributed by atoms with Crippen molar-refractivity contribution in [2.45, 2.75) is 38.9 Å². The molecule has 2 atom stereocenters. The summed E-state index contributed by atoms with van der Waals surface area (Å²) in [7, 11) is 0. The van der Waals surface area contributed by atoms with E-state index < -0.39 is 6.10 Å². The Kier molecular flexibility index (Phi) is 7.65. The van der Waals surface area contributed by atoms with Crippen molar-refractivity contribution in [1.82, 2.24) is 0 Å². The monoisotopic (exact) mass is 328 g/mol. The average molecular weight is 329 g/mol. The predicted octanol–water partition coefficient (Wildman–Crippen LogP) is 2.59. The SMILES string of the molecule is CC(C)COc1ccccc1NC(=O)[C@@H]1CC[C@H](CN)O1.Cl. The minimum Gasteiger partial charge on any atom is -0.491 e. The molecule has 0 radical (unpaired) electrons. The second kappa shape index (κ2) is 8.98. The molecule has 1 aromatic carbocycles. The number of carbonyl (C=O) groups excluding carboxylic acids is 1. The van der Waals surface area contributed by atoms with E-state index in [1.807, 2.05) is 24.3 Å². The summed E-state index contributed by atoms with van der Waals surface area (Å²) in [5.41, 5.74) is 6.25. The van der Waals surface area contributed by atoms with E-state index >= 15 is 0 Å². The van der Waals surface area contributed by atoms with Crippen LogP contribution in [0.4, 0.5) is 5.69 Å². The third kappa shape index (κ3) is 5.16. The van der Waals surface area contributed by atoms with E-state index in [9.17, 15) is 4.79 Å². The molecule has 1 aliphatic heterocycles. The molecule has 1 fully saturated rings. The van der Waals surface area contributed by atoms with Gasteiger partial charge in [0.2, 0.25) is 0 Å². The molecule has 0 spiro atoms. The van der Waals surface area contributed by atoms with E-state index in [-0.39, 0.29) is 24.4 Å². The van der Waals surface area contributed by atoms with Crippen molar-refractivity contribution >= 4 is 24.0 Å². The van der Waals surface area contributed by atoms with Crippen LogP contribution in [0.2, 0.25) is 0 Å². The molecule has 22 heavy (non-hydrogen) atoms. The molecule has 124 valence electrons. The number of hydrogen-bond acceptors (Lipinski definition) is 4. The maximum absolute atomic E-state index is 12.2. The topological polar surface area (TPSA) is 73.6 Å². The summed E-state index contributed by atoms with van der Waals surface area (Å²) >= 11 is 0. The zero-order valence-corrected chi connectivity index (χ0v) is 13.9. The predicted molar refractivity (Wildman–Crippen MR) is 89.6 cm³/mol. The van der Waals surface area contributed by atoms with Crippen LogP contribution in [0, 0.1) is 5.92 Å². The molecular formula is C16H25ClN2O3. The van der Waals surface area contributed by atoms with Crippen LogP contribution in [0.15, 0.2) is 24.3 Å². The van der Waals surface area contributed by atoms with E-state index in [0.717, 1.165) is 6.42 Å². The Morgan fingerprint density at radius 2 is 2.14 bits per heavy atom. The summed E-state index contributed by atoms with van der Waals surface area (Å²) in [4.78, 5) is 12.2. The maximum Gasteiger partial charge on any atom is 0.253 e. The van der Waals surface area contributed by atoms with Gasteiger partial charge in [-0.2, -0.15) is 0 Å². The molecule has 3 N–H and O–H groups in total. The number of para-hydroxylation sites is 2. The maximum atomic E-state index is 12.2. The standard InChI is InChI=1S/C16H24N2O3.ClH/c1-11(2)10-20-14-6-4-3-5-13(14)18-16(19)15-8-7-12(9-17)21-15;/h3-6,11-12,15H,7-10,17H2,1-2H3,(H,18,19);1H/t12-,15+;/m1./s1. The van der Waals surface area contributed by atoms with Crippen LogP contribution in [0.1, 0.15) is 26.7 Å². The van der Waals surface area contributed by atoms with Gasteiger partial charge in [-0.3, -0.25) is 4.79 Å². The van der Waals surface area contributed by atoms with E-state index in [0.29, 0.717) is 36.9 Å². The molecule has 6 heteroatoms. The second-order valence-corrected chi connectivity index (χ2v) is 5.75. The molecule has 0 saturated carbocycles. The third-order valence-electron chi connectivity index (χ3n) is 3.38. The molecular weight excluding hydrogens is 304 g/mol. The summed E-state index contributed by atoms with van der Waals surface area (Å²) in [6.45, 7) is 5.24. The number of halogens is 1. The lowest BCUT2D eigenvalue weighted by molar-refractivity contribution is -0.126. The minimum atomic E-state index is -0.420. The Morgan fingerprint density at radius 3 is 2.77 bits per heavy atom. The number of ether oxygens (including phenoxy) is 2. The lowest BCUT2D eigenvalue weighted by Crippen LogP contribution is -2.30. The minimum absolute atomic E-state index is 0. The normalized spacial score (nSPS) is 20.5. The molecule has 1 aliphatic rings. The molecule has 1 amide bonds. The molecule has 0 aliphatic carbocycles. The fourth-order valence-corrected chi connectivity index (χ4v) is 2.24. The highest BCUT2D eigenvalue weighted by molar-refractivity contribution is 5.95. The Labute approximate surface area is 138 Å². The van der Waals surface area contributed by atoms with Crippen molar-refractivity contribution in [3.8, 4) is 5.75 Å². The zero-order chi connectivity index (χ0) is 15.2. The van der Waals surface area contributed by atoms with Gasteiger partial charge in [-0.25, -0.2) is 0 Å². The third-order valence-corrected chi connectivity index (χ3v) is 3.38. The van der Waals surface area contributed by atoms with Crippen LogP contribution in [0.3, 0.4) is 0 Å². The van der Waals surface area contributed by atoms with Crippen molar-refractivity contribution < 1.29 is 14.3 Å². The van der Waals surface area contributed by atoms with E-state index in [2.05, 4.69) is 19.2 Å². The molecule has 5 nitrogen and oxygen atoms in total. The van der Waals surface area contributed by atoms with Gasteiger partial charge in [0.05, 0.1) is 18.4 Å². The molecule has 1 heterocycles. The molecule has 1 aromatic rings.